The van der Waals surface area contributed by atoms with Crippen molar-refractivity contribution < 1.29 is 14.9 Å². The minimum Gasteiger partial charge on any atom is -0.387 e. The fourth-order valence-corrected chi connectivity index (χ4v) is 4.20. The number of hydrogen-bond donors (Lipinski definition) is 4. The molecular formula is C23H24ClN7O3. The average molecular weight is 482 g/mol. The zero-order chi connectivity index (χ0) is 23.5. The van der Waals surface area contributed by atoms with E-state index in [1.165, 1.54) is 12.7 Å². The first-order chi connectivity index (χ1) is 16.6. The predicted octanol–water partition coefficient (Wildman–Crippen LogP) is 1.90. The second-order valence-corrected chi connectivity index (χ2v) is 8.50. The summed E-state index contributed by atoms with van der Waals surface area (Å²) in [7, 11) is 0. The van der Waals surface area contributed by atoms with E-state index in [9.17, 15) is 10.2 Å². The number of imidazole rings is 1. The van der Waals surface area contributed by atoms with Gasteiger partial charge in [-0.1, -0.05) is 23.7 Å². The zero-order valence-corrected chi connectivity index (χ0v) is 18.9. The van der Waals surface area contributed by atoms with Crippen LogP contribution in [0, 0.1) is 0 Å². The summed E-state index contributed by atoms with van der Waals surface area (Å²) in [6.45, 7) is 1.47. The van der Waals surface area contributed by atoms with Crippen molar-refractivity contribution >= 4 is 28.6 Å². The Bertz CT molecular complexity index is 1260. The summed E-state index contributed by atoms with van der Waals surface area (Å²) < 4.78 is 7.63. The molecule has 11 heteroatoms. The summed E-state index contributed by atoms with van der Waals surface area (Å²) in [5, 5.41) is 28.4. The largest absolute Gasteiger partial charge is 0.387 e. The summed E-state index contributed by atoms with van der Waals surface area (Å²) in [5.41, 5.74) is 3.09. The second kappa shape index (κ2) is 10.00. The molecule has 4 heterocycles. The van der Waals surface area contributed by atoms with Crippen LogP contribution >= 0.6 is 11.6 Å². The van der Waals surface area contributed by atoms with E-state index in [0.717, 1.165) is 11.1 Å². The van der Waals surface area contributed by atoms with Crippen molar-refractivity contribution in [2.45, 2.75) is 37.6 Å². The number of ether oxygens (including phenoxy) is 1. The molecule has 0 radical (unpaired) electrons. The number of anilines is 1. The van der Waals surface area contributed by atoms with E-state index >= 15 is 0 Å². The lowest BCUT2D eigenvalue weighted by atomic mass is 10.1. The molecule has 4 atom stereocenters. The second-order valence-electron chi connectivity index (χ2n) is 8.06. The highest BCUT2D eigenvalue weighted by Crippen LogP contribution is 2.32. The highest BCUT2D eigenvalue weighted by Gasteiger charge is 2.44. The molecule has 0 amide bonds. The van der Waals surface area contributed by atoms with Gasteiger partial charge in [-0.2, -0.15) is 0 Å². The molecule has 1 aliphatic rings. The molecule has 4 N–H and O–H groups in total. The molecule has 0 aliphatic carbocycles. The van der Waals surface area contributed by atoms with Gasteiger partial charge in [0.05, 0.1) is 6.33 Å². The van der Waals surface area contributed by atoms with E-state index in [4.69, 9.17) is 16.3 Å². The van der Waals surface area contributed by atoms with Crippen molar-refractivity contribution in [3.05, 3.63) is 77.6 Å². The third-order valence-electron chi connectivity index (χ3n) is 5.74. The molecule has 176 valence electrons. The Balaban J connectivity index is 1.28. The Morgan fingerprint density at radius 2 is 1.85 bits per heavy atom. The van der Waals surface area contributed by atoms with Gasteiger partial charge in [-0.25, -0.2) is 15.0 Å². The number of fused-ring (bicyclic) bond motifs is 1. The van der Waals surface area contributed by atoms with Crippen molar-refractivity contribution in [3.63, 3.8) is 0 Å². The molecule has 3 aromatic heterocycles. The van der Waals surface area contributed by atoms with E-state index in [0.29, 0.717) is 41.6 Å². The first-order valence-electron chi connectivity index (χ1n) is 10.9. The standard InChI is InChI=1S/C23H24ClN7O3/c24-16-3-1-2-15(8-16)10-27-21-18-22(29-12-28-21)31(13-30-18)23-20(33)19(32)17(34-23)11-26-9-14-4-6-25-7-5-14/h1-8,12-13,17,19-20,23,26,32-33H,9-11H2,(H,27,28,29)/t17-,19-,20-,23-/m1/s1. The summed E-state index contributed by atoms with van der Waals surface area (Å²) in [4.78, 5) is 17.1. The lowest BCUT2D eigenvalue weighted by Gasteiger charge is -2.16. The summed E-state index contributed by atoms with van der Waals surface area (Å²) in [5.74, 6) is 0.548. The van der Waals surface area contributed by atoms with Gasteiger partial charge in [-0.15, -0.1) is 0 Å². The van der Waals surface area contributed by atoms with Crippen molar-refractivity contribution in [3.8, 4) is 0 Å². The van der Waals surface area contributed by atoms with Crippen molar-refractivity contribution in [2.75, 3.05) is 11.9 Å². The lowest BCUT2D eigenvalue weighted by Crippen LogP contribution is -2.37. The normalized spacial score (nSPS) is 22.3. The van der Waals surface area contributed by atoms with Gasteiger partial charge in [0, 0.05) is 37.1 Å². The highest BCUT2D eigenvalue weighted by molar-refractivity contribution is 6.30. The summed E-state index contributed by atoms with van der Waals surface area (Å²) in [6.07, 6.45) is 2.79. The SMILES string of the molecule is O[C@@H]1[C@H](O)[C@@H](CNCc2ccncc2)O[C@H]1n1cnc2c(NCc3cccc(Cl)c3)ncnc21. The topological polar surface area (TPSA) is 130 Å². The van der Waals surface area contributed by atoms with E-state index in [2.05, 4.69) is 30.6 Å². The van der Waals surface area contributed by atoms with Crippen LogP contribution in [0.25, 0.3) is 11.2 Å². The van der Waals surface area contributed by atoms with Gasteiger partial charge in [0.2, 0.25) is 0 Å². The molecule has 4 aromatic rings. The average Bonchev–Trinajstić information content (AvgIpc) is 3.40. The first-order valence-corrected chi connectivity index (χ1v) is 11.2. The van der Waals surface area contributed by atoms with E-state index in [-0.39, 0.29) is 0 Å². The number of halogens is 1. The predicted molar refractivity (Wildman–Crippen MR) is 126 cm³/mol. The van der Waals surface area contributed by atoms with Crippen molar-refractivity contribution in [2.24, 2.45) is 0 Å². The van der Waals surface area contributed by atoms with Gasteiger partial charge >= 0.3 is 0 Å². The van der Waals surface area contributed by atoms with Crippen LogP contribution in [0.2, 0.25) is 5.02 Å². The van der Waals surface area contributed by atoms with Crippen LogP contribution in [0.4, 0.5) is 5.82 Å². The number of aliphatic hydroxyl groups excluding tert-OH is 2. The molecule has 1 aliphatic heterocycles. The molecule has 0 saturated carbocycles. The van der Waals surface area contributed by atoms with E-state index < -0.39 is 24.5 Å². The number of rotatable bonds is 8. The zero-order valence-electron chi connectivity index (χ0n) is 18.1. The molecule has 1 aromatic carbocycles. The maximum absolute atomic E-state index is 10.7. The Morgan fingerprint density at radius 1 is 1.00 bits per heavy atom. The minimum absolute atomic E-state index is 0.366. The van der Waals surface area contributed by atoms with Gasteiger partial charge in [-0.05, 0) is 35.4 Å². The number of nitrogens with one attached hydrogen (secondary N) is 2. The summed E-state index contributed by atoms with van der Waals surface area (Å²) in [6, 6.07) is 11.4. The van der Waals surface area contributed by atoms with E-state index in [1.807, 2.05) is 36.4 Å². The summed E-state index contributed by atoms with van der Waals surface area (Å²) >= 11 is 6.06. The molecule has 5 rings (SSSR count). The molecular weight excluding hydrogens is 458 g/mol. The highest BCUT2D eigenvalue weighted by atomic mass is 35.5. The van der Waals surface area contributed by atoms with Crippen LogP contribution in [0.15, 0.2) is 61.4 Å². The quantitative estimate of drug-likeness (QED) is 0.298. The molecule has 10 nitrogen and oxygen atoms in total. The lowest BCUT2D eigenvalue weighted by molar-refractivity contribution is -0.0342. The number of hydrogen-bond acceptors (Lipinski definition) is 9. The maximum atomic E-state index is 10.7. The molecule has 1 saturated heterocycles. The van der Waals surface area contributed by atoms with Gasteiger partial charge < -0.3 is 25.6 Å². The van der Waals surface area contributed by atoms with Crippen molar-refractivity contribution in [1.29, 1.82) is 0 Å². The Kier molecular flexibility index (Phi) is 6.66. The molecule has 0 unspecified atom stereocenters. The van der Waals surface area contributed by atoms with Crippen LogP contribution in [-0.4, -0.2) is 59.6 Å². The van der Waals surface area contributed by atoms with Crippen LogP contribution in [0.5, 0.6) is 0 Å². The molecule has 1 fully saturated rings. The van der Waals surface area contributed by atoms with Crippen LogP contribution in [0.1, 0.15) is 17.4 Å². The fourth-order valence-electron chi connectivity index (χ4n) is 3.99. The van der Waals surface area contributed by atoms with Crippen LogP contribution in [-0.2, 0) is 17.8 Å². The van der Waals surface area contributed by atoms with E-state index in [1.54, 1.807) is 17.0 Å². The third kappa shape index (κ3) is 4.72. The van der Waals surface area contributed by atoms with Crippen molar-refractivity contribution in [1.82, 2.24) is 29.8 Å². The molecule has 0 bridgehead atoms. The van der Waals surface area contributed by atoms with Crippen LogP contribution in [0.3, 0.4) is 0 Å². The van der Waals surface area contributed by atoms with Gasteiger partial charge in [-0.3, -0.25) is 9.55 Å². The Labute approximate surface area is 200 Å². The molecule has 0 spiro atoms. The first kappa shape index (κ1) is 22.6. The third-order valence-corrected chi connectivity index (χ3v) is 5.98. The number of benzene rings is 1. The number of nitrogens with zero attached hydrogens (tertiary/aromatic N) is 5. The number of pyridine rings is 1. The Hall–Kier alpha value is -3.15. The smallest absolute Gasteiger partial charge is 0.167 e. The number of aromatic nitrogens is 5. The number of aliphatic hydroxyl groups is 2. The minimum atomic E-state index is -1.14. The van der Waals surface area contributed by atoms with Gasteiger partial charge in [0.15, 0.2) is 23.2 Å². The monoisotopic (exact) mass is 481 g/mol. The van der Waals surface area contributed by atoms with Crippen LogP contribution < -0.4 is 10.6 Å². The fraction of sp³-hybridized carbons (Fsp3) is 0.304. The Morgan fingerprint density at radius 3 is 2.68 bits per heavy atom. The van der Waals surface area contributed by atoms with Gasteiger partial charge in [0.25, 0.3) is 0 Å². The maximum Gasteiger partial charge on any atom is 0.167 e. The molecule has 34 heavy (non-hydrogen) atoms. The van der Waals surface area contributed by atoms with Gasteiger partial charge in [0.1, 0.15) is 24.6 Å².